The molecule has 0 unspecified atom stereocenters. The lowest BCUT2D eigenvalue weighted by molar-refractivity contribution is -0.117. The van der Waals surface area contributed by atoms with Gasteiger partial charge in [0, 0.05) is 12.2 Å². The van der Waals surface area contributed by atoms with Gasteiger partial charge in [-0.05, 0) is 43.5 Å². The number of nitrogens with two attached hydrogens (primary N) is 1. The second kappa shape index (κ2) is 6.40. The predicted octanol–water partition coefficient (Wildman–Crippen LogP) is 1.13. The average molecular weight is 247 g/mol. The molecule has 1 aromatic rings. The van der Waals surface area contributed by atoms with Crippen LogP contribution in [0.1, 0.15) is 18.4 Å². The van der Waals surface area contributed by atoms with Crippen molar-refractivity contribution in [1.82, 2.24) is 5.32 Å². The molecule has 0 bridgehead atoms. The summed E-state index contributed by atoms with van der Waals surface area (Å²) in [4.78, 5) is 11.0. The number of anilines is 1. The summed E-state index contributed by atoms with van der Waals surface area (Å²) in [5.74, 6) is 0.430. The van der Waals surface area contributed by atoms with Gasteiger partial charge in [-0.3, -0.25) is 4.79 Å². The van der Waals surface area contributed by atoms with E-state index in [1.54, 1.807) is 0 Å². The fourth-order valence-electron chi connectivity index (χ4n) is 2.37. The molecule has 2 rings (SSSR count). The second-order valence-electron chi connectivity index (χ2n) is 4.87. The number of carbonyl (C=O) groups is 1. The minimum Gasteiger partial charge on any atom is -0.385 e. The molecule has 1 aliphatic heterocycles. The molecule has 1 aliphatic rings. The molecule has 0 atom stereocenters. The van der Waals surface area contributed by atoms with E-state index in [9.17, 15) is 4.79 Å². The Kier molecular flexibility index (Phi) is 4.59. The van der Waals surface area contributed by atoms with Gasteiger partial charge >= 0.3 is 0 Å². The first-order chi connectivity index (χ1) is 8.75. The molecule has 0 aromatic heterocycles. The fraction of sp³-hybridized carbons (Fsp3) is 0.500. The zero-order chi connectivity index (χ0) is 12.8. The first-order valence-electron chi connectivity index (χ1n) is 6.56. The fourth-order valence-corrected chi connectivity index (χ4v) is 2.37. The number of para-hydroxylation sites is 1. The molecule has 1 saturated heterocycles. The number of benzene rings is 1. The minimum absolute atomic E-state index is 0.286. The Labute approximate surface area is 108 Å². The van der Waals surface area contributed by atoms with Crippen LogP contribution in [0.5, 0.6) is 0 Å². The maximum atomic E-state index is 11.0. The van der Waals surface area contributed by atoms with Gasteiger partial charge in [-0.15, -0.1) is 0 Å². The van der Waals surface area contributed by atoms with E-state index in [0.717, 1.165) is 30.9 Å². The topological polar surface area (TPSA) is 67.2 Å². The van der Waals surface area contributed by atoms with Crippen molar-refractivity contribution >= 4 is 11.6 Å². The van der Waals surface area contributed by atoms with Crippen LogP contribution in [-0.2, 0) is 11.2 Å². The van der Waals surface area contributed by atoms with Crippen molar-refractivity contribution in [2.45, 2.75) is 19.3 Å². The molecule has 1 amide bonds. The highest BCUT2D eigenvalue weighted by Crippen LogP contribution is 2.18. The number of primary amides is 1. The molecule has 0 saturated carbocycles. The molecule has 1 heterocycles. The average Bonchev–Trinajstić information content (AvgIpc) is 2.38. The summed E-state index contributed by atoms with van der Waals surface area (Å²) < 4.78 is 0. The van der Waals surface area contributed by atoms with Crippen molar-refractivity contribution in [2.75, 3.05) is 25.0 Å². The summed E-state index contributed by atoms with van der Waals surface area (Å²) in [7, 11) is 0. The first kappa shape index (κ1) is 12.9. The maximum absolute atomic E-state index is 11.0. The first-order valence-corrected chi connectivity index (χ1v) is 6.56. The molecule has 1 aromatic carbocycles. The molecule has 4 nitrogen and oxygen atoms in total. The highest BCUT2D eigenvalue weighted by molar-refractivity contribution is 5.78. The third kappa shape index (κ3) is 3.74. The number of piperidine rings is 1. The van der Waals surface area contributed by atoms with Crippen LogP contribution >= 0.6 is 0 Å². The Morgan fingerprint density at radius 3 is 2.78 bits per heavy atom. The van der Waals surface area contributed by atoms with Crippen molar-refractivity contribution in [3.05, 3.63) is 29.8 Å². The van der Waals surface area contributed by atoms with E-state index in [0.29, 0.717) is 12.3 Å². The van der Waals surface area contributed by atoms with E-state index in [1.165, 1.54) is 12.8 Å². The Hall–Kier alpha value is -1.55. The van der Waals surface area contributed by atoms with Crippen molar-refractivity contribution in [3.8, 4) is 0 Å². The van der Waals surface area contributed by atoms with Crippen LogP contribution in [-0.4, -0.2) is 25.5 Å². The van der Waals surface area contributed by atoms with Gasteiger partial charge < -0.3 is 16.4 Å². The minimum atomic E-state index is -0.286. The second-order valence-corrected chi connectivity index (χ2v) is 4.87. The Morgan fingerprint density at radius 1 is 1.33 bits per heavy atom. The van der Waals surface area contributed by atoms with Gasteiger partial charge in [-0.1, -0.05) is 18.2 Å². The molecule has 0 radical (unpaired) electrons. The monoisotopic (exact) mass is 247 g/mol. The van der Waals surface area contributed by atoms with Crippen molar-refractivity contribution in [1.29, 1.82) is 0 Å². The molecular formula is C14H21N3O. The van der Waals surface area contributed by atoms with Crippen molar-refractivity contribution in [3.63, 3.8) is 0 Å². The van der Waals surface area contributed by atoms with Gasteiger partial charge in [0.25, 0.3) is 0 Å². The number of rotatable bonds is 5. The van der Waals surface area contributed by atoms with Crippen molar-refractivity contribution in [2.24, 2.45) is 11.7 Å². The largest absolute Gasteiger partial charge is 0.385 e. The SMILES string of the molecule is NC(=O)Cc1ccccc1NCC1CCNCC1. The van der Waals surface area contributed by atoms with Gasteiger partial charge in [-0.2, -0.15) is 0 Å². The van der Waals surface area contributed by atoms with E-state index < -0.39 is 0 Å². The normalized spacial score (nSPS) is 16.4. The standard InChI is InChI=1S/C14H21N3O/c15-14(18)9-12-3-1-2-4-13(12)17-10-11-5-7-16-8-6-11/h1-4,11,16-17H,5-10H2,(H2,15,18). The van der Waals surface area contributed by atoms with Crippen LogP contribution in [0.2, 0.25) is 0 Å². The summed E-state index contributed by atoms with van der Waals surface area (Å²) >= 11 is 0. The lowest BCUT2D eigenvalue weighted by Crippen LogP contribution is -2.31. The van der Waals surface area contributed by atoms with Crippen LogP contribution in [0.25, 0.3) is 0 Å². The van der Waals surface area contributed by atoms with E-state index >= 15 is 0 Å². The quantitative estimate of drug-likeness (QED) is 0.730. The predicted molar refractivity (Wildman–Crippen MR) is 73.4 cm³/mol. The van der Waals surface area contributed by atoms with Crippen LogP contribution in [0.4, 0.5) is 5.69 Å². The molecule has 4 heteroatoms. The summed E-state index contributed by atoms with van der Waals surface area (Å²) in [5, 5.41) is 6.81. The Morgan fingerprint density at radius 2 is 2.06 bits per heavy atom. The molecule has 98 valence electrons. The van der Waals surface area contributed by atoms with E-state index in [-0.39, 0.29) is 5.91 Å². The molecule has 0 spiro atoms. The van der Waals surface area contributed by atoms with Crippen molar-refractivity contribution < 1.29 is 4.79 Å². The third-order valence-electron chi connectivity index (χ3n) is 3.42. The molecular weight excluding hydrogens is 226 g/mol. The number of nitrogens with one attached hydrogen (secondary N) is 2. The number of carbonyl (C=O) groups excluding carboxylic acids is 1. The molecule has 4 N–H and O–H groups in total. The van der Waals surface area contributed by atoms with Gasteiger partial charge in [0.15, 0.2) is 0 Å². The van der Waals surface area contributed by atoms with Gasteiger partial charge in [0.1, 0.15) is 0 Å². The van der Waals surface area contributed by atoms with E-state index in [4.69, 9.17) is 5.73 Å². The summed E-state index contributed by atoms with van der Waals surface area (Å²) in [5.41, 5.74) is 7.28. The van der Waals surface area contributed by atoms with E-state index in [1.807, 2.05) is 24.3 Å². The Bertz CT molecular complexity index is 400. The zero-order valence-electron chi connectivity index (χ0n) is 10.6. The smallest absolute Gasteiger partial charge is 0.221 e. The summed E-state index contributed by atoms with van der Waals surface area (Å²) in [6, 6.07) is 7.89. The molecule has 18 heavy (non-hydrogen) atoms. The van der Waals surface area contributed by atoms with Crippen LogP contribution in [0, 0.1) is 5.92 Å². The van der Waals surface area contributed by atoms with E-state index in [2.05, 4.69) is 10.6 Å². The summed E-state index contributed by atoms with van der Waals surface area (Å²) in [6.07, 6.45) is 2.73. The van der Waals surface area contributed by atoms with Gasteiger partial charge in [-0.25, -0.2) is 0 Å². The number of hydrogen-bond acceptors (Lipinski definition) is 3. The lowest BCUT2D eigenvalue weighted by atomic mass is 9.98. The third-order valence-corrected chi connectivity index (χ3v) is 3.42. The zero-order valence-corrected chi connectivity index (χ0v) is 10.6. The number of hydrogen-bond donors (Lipinski definition) is 3. The number of amides is 1. The van der Waals surface area contributed by atoms with Gasteiger partial charge in [0.05, 0.1) is 6.42 Å². The molecule has 1 fully saturated rings. The maximum Gasteiger partial charge on any atom is 0.221 e. The molecule has 0 aliphatic carbocycles. The lowest BCUT2D eigenvalue weighted by Gasteiger charge is -2.23. The Balaban J connectivity index is 1.93. The highest BCUT2D eigenvalue weighted by atomic mass is 16.1. The highest BCUT2D eigenvalue weighted by Gasteiger charge is 2.13. The van der Waals surface area contributed by atoms with Crippen LogP contribution in [0.3, 0.4) is 0 Å². The van der Waals surface area contributed by atoms with Crippen LogP contribution in [0.15, 0.2) is 24.3 Å². The van der Waals surface area contributed by atoms with Crippen LogP contribution < -0.4 is 16.4 Å². The van der Waals surface area contributed by atoms with Gasteiger partial charge in [0.2, 0.25) is 5.91 Å². The summed E-state index contributed by atoms with van der Waals surface area (Å²) in [6.45, 7) is 3.18.